The van der Waals surface area contributed by atoms with Crippen molar-refractivity contribution in [2.75, 3.05) is 13.7 Å². The molecule has 0 aliphatic heterocycles. The van der Waals surface area contributed by atoms with E-state index >= 15 is 0 Å². The summed E-state index contributed by atoms with van der Waals surface area (Å²) >= 11 is 0. The van der Waals surface area contributed by atoms with E-state index < -0.39 is 0 Å². The van der Waals surface area contributed by atoms with E-state index in [0.717, 1.165) is 5.56 Å². The van der Waals surface area contributed by atoms with Gasteiger partial charge in [-0.15, -0.1) is 0 Å². The van der Waals surface area contributed by atoms with Crippen LogP contribution in [0.1, 0.15) is 32.4 Å². The summed E-state index contributed by atoms with van der Waals surface area (Å²) in [6.45, 7) is 5.97. The Morgan fingerprint density at radius 3 is 2.38 bits per heavy atom. The number of esters is 1. The van der Waals surface area contributed by atoms with Gasteiger partial charge in [-0.25, -0.2) is 0 Å². The van der Waals surface area contributed by atoms with E-state index in [4.69, 9.17) is 14.7 Å². The van der Waals surface area contributed by atoms with Crippen LogP contribution >= 0.6 is 0 Å². The molecule has 0 heterocycles. The predicted octanol–water partition coefficient (Wildman–Crippen LogP) is 2.44. The number of nitrogens with zero attached hydrogens (tertiary/aromatic N) is 1. The molecule has 0 radical (unpaired) electrons. The van der Waals surface area contributed by atoms with Crippen LogP contribution in [0.25, 0.3) is 0 Å². The van der Waals surface area contributed by atoms with E-state index in [-0.39, 0.29) is 30.6 Å². The molecule has 0 fully saturated rings. The van der Waals surface area contributed by atoms with Gasteiger partial charge in [0.15, 0.2) is 6.61 Å². The zero-order valence-electron chi connectivity index (χ0n) is 12.9. The fourth-order valence-electron chi connectivity index (χ4n) is 1.99. The third-order valence-electron chi connectivity index (χ3n) is 3.23. The number of nitrogens with one attached hydrogen (secondary N) is 1. The molecule has 114 valence electrons. The van der Waals surface area contributed by atoms with Gasteiger partial charge in [-0.2, -0.15) is 5.26 Å². The number of carbonyl (C=O) groups excluding carboxylic acids is 1. The van der Waals surface area contributed by atoms with Crippen LogP contribution in [0.4, 0.5) is 0 Å². The number of hydrogen-bond donors (Lipinski definition) is 1. The van der Waals surface area contributed by atoms with Gasteiger partial charge in [0.2, 0.25) is 0 Å². The van der Waals surface area contributed by atoms with Crippen molar-refractivity contribution >= 4 is 5.97 Å². The quantitative estimate of drug-likeness (QED) is 0.781. The standard InChI is InChI=1S/C16H22N2O3/c1-11(2)15(16(19)20-4)18-12(3)13-5-7-14(8-6-13)21-10-9-17/h5-8,11-12,15,18H,10H2,1-4H3. The lowest BCUT2D eigenvalue weighted by atomic mass is 10.0. The van der Waals surface area contributed by atoms with Crippen LogP contribution in [0, 0.1) is 17.2 Å². The van der Waals surface area contributed by atoms with Gasteiger partial charge in [-0.1, -0.05) is 26.0 Å². The molecule has 1 rings (SSSR count). The summed E-state index contributed by atoms with van der Waals surface area (Å²) in [5, 5.41) is 11.7. The maximum atomic E-state index is 11.8. The Morgan fingerprint density at radius 2 is 1.90 bits per heavy atom. The number of methoxy groups -OCH3 is 1. The van der Waals surface area contributed by atoms with E-state index in [1.54, 1.807) is 0 Å². The molecule has 0 aliphatic rings. The first kappa shape index (κ1) is 17.0. The smallest absolute Gasteiger partial charge is 0.323 e. The van der Waals surface area contributed by atoms with Crippen LogP contribution in [-0.4, -0.2) is 25.7 Å². The van der Waals surface area contributed by atoms with Gasteiger partial charge in [0.25, 0.3) is 0 Å². The van der Waals surface area contributed by atoms with Crippen LogP contribution in [-0.2, 0) is 9.53 Å². The lowest BCUT2D eigenvalue weighted by Gasteiger charge is -2.24. The number of hydrogen-bond acceptors (Lipinski definition) is 5. The average molecular weight is 290 g/mol. The van der Waals surface area contributed by atoms with E-state index in [2.05, 4.69) is 5.32 Å². The van der Waals surface area contributed by atoms with E-state index in [0.29, 0.717) is 5.75 Å². The SMILES string of the molecule is COC(=O)C(NC(C)c1ccc(OCC#N)cc1)C(C)C. The molecule has 1 aromatic carbocycles. The maximum Gasteiger partial charge on any atom is 0.323 e. The second kappa shape index (κ2) is 8.28. The van der Waals surface area contributed by atoms with Crippen LogP contribution in [0.2, 0.25) is 0 Å². The number of rotatable bonds is 7. The molecule has 1 N–H and O–H groups in total. The molecule has 0 aliphatic carbocycles. The summed E-state index contributed by atoms with van der Waals surface area (Å²) in [6.07, 6.45) is 0. The van der Waals surface area contributed by atoms with Crippen LogP contribution in [0.15, 0.2) is 24.3 Å². The third kappa shape index (κ3) is 5.09. The Labute approximate surface area is 125 Å². The Kier molecular flexibility index (Phi) is 6.70. The number of ether oxygens (including phenoxy) is 2. The van der Waals surface area contributed by atoms with Gasteiger partial charge in [0.1, 0.15) is 17.9 Å². The zero-order valence-corrected chi connectivity index (χ0v) is 12.9. The molecule has 0 bridgehead atoms. The normalized spacial score (nSPS) is 13.3. The number of benzene rings is 1. The van der Waals surface area contributed by atoms with E-state index in [1.165, 1.54) is 7.11 Å². The van der Waals surface area contributed by atoms with Crippen LogP contribution in [0.3, 0.4) is 0 Å². The predicted molar refractivity (Wildman–Crippen MR) is 79.7 cm³/mol. The average Bonchev–Trinajstić information content (AvgIpc) is 2.49. The molecular formula is C16H22N2O3. The Balaban J connectivity index is 2.71. The Bertz CT molecular complexity index is 491. The van der Waals surface area contributed by atoms with Gasteiger partial charge in [0, 0.05) is 6.04 Å². The van der Waals surface area contributed by atoms with E-state index in [1.807, 2.05) is 51.1 Å². The molecule has 0 saturated carbocycles. The highest BCUT2D eigenvalue weighted by atomic mass is 16.5. The molecule has 0 aromatic heterocycles. The van der Waals surface area contributed by atoms with Crippen molar-refractivity contribution in [1.29, 1.82) is 5.26 Å². The minimum absolute atomic E-state index is 0.00140. The van der Waals surface area contributed by atoms with Crippen molar-refractivity contribution in [3.63, 3.8) is 0 Å². The van der Waals surface area contributed by atoms with Crippen molar-refractivity contribution in [2.24, 2.45) is 5.92 Å². The lowest BCUT2D eigenvalue weighted by molar-refractivity contribution is -0.144. The van der Waals surface area contributed by atoms with Gasteiger partial charge in [-0.3, -0.25) is 10.1 Å². The molecule has 21 heavy (non-hydrogen) atoms. The van der Waals surface area contributed by atoms with Crippen molar-refractivity contribution in [3.05, 3.63) is 29.8 Å². The topological polar surface area (TPSA) is 71.3 Å². The molecule has 1 aromatic rings. The summed E-state index contributed by atoms with van der Waals surface area (Å²) in [7, 11) is 1.39. The summed E-state index contributed by atoms with van der Waals surface area (Å²) < 4.78 is 10.0. The first-order chi connectivity index (χ1) is 9.99. The van der Waals surface area contributed by atoms with Gasteiger partial charge in [-0.05, 0) is 30.5 Å². The first-order valence-corrected chi connectivity index (χ1v) is 6.93. The summed E-state index contributed by atoms with van der Waals surface area (Å²) in [4.78, 5) is 11.8. The molecule has 2 atom stereocenters. The highest BCUT2D eigenvalue weighted by Crippen LogP contribution is 2.19. The second-order valence-corrected chi connectivity index (χ2v) is 5.15. The second-order valence-electron chi connectivity index (χ2n) is 5.15. The molecule has 0 amide bonds. The number of nitriles is 1. The first-order valence-electron chi connectivity index (χ1n) is 6.93. The minimum Gasteiger partial charge on any atom is -0.479 e. The molecular weight excluding hydrogens is 268 g/mol. The highest BCUT2D eigenvalue weighted by Gasteiger charge is 2.24. The van der Waals surface area contributed by atoms with Gasteiger partial charge in [0.05, 0.1) is 7.11 Å². The number of carbonyl (C=O) groups is 1. The zero-order chi connectivity index (χ0) is 15.8. The Morgan fingerprint density at radius 1 is 1.29 bits per heavy atom. The fraction of sp³-hybridized carbons (Fsp3) is 0.500. The van der Waals surface area contributed by atoms with Crippen LogP contribution in [0.5, 0.6) is 5.75 Å². The van der Waals surface area contributed by atoms with Gasteiger partial charge < -0.3 is 9.47 Å². The van der Waals surface area contributed by atoms with Crippen molar-refractivity contribution in [3.8, 4) is 11.8 Å². The summed E-state index contributed by atoms with van der Waals surface area (Å²) in [5.41, 5.74) is 1.04. The molecule has 0 spiro atoms. The summed E-state index contributed by atoms with van der Waals surface area (Å²) in [5.74, 6) is 0.532. The summed E-state index contributed by atoms with van der Waals surface area (Å²) in [6, 6.07) is 9.04. The molecule has 2 unspecified atom stereocenters. The maximum absolute atomic E-state index is 11.8. The molecule has 0 saturated heterocycles. The van der Waals surface area contributed by atoms with Crippen LogP contribution < -0.4 is 10.1 Å². The lowest BCUT2D eigenvalue weighted by Crippen LogP contribution is -2.42. The Hall–Kier alpha value is -2.06. The third-order valence-corrected chi connectivity index (χ3v) is 3.23. The largest absolute Gasteiger partial charge is 0.479 e. The minimum atomic E-state index is -0.348. The highest BCUT2D eigenvalue weighted by molar-refractivity contribution is 5.76. The monoisotopic (exact) mass is 290 g/mol. The van der Waals surface area contributed by atoms with Crippen molar-refractivity contribution in [2.45, 2.75) is 32.9 Å². The molecule has 5 heteroatoms. The van der Waals surface area contributed by atoms with Gasteiger partial charge >= 0.3 is 5.97 Å². The fourth-order valence-corrected chi connectivity index (χ4v) is 1.99. The van der Waals surface area contributed by atoms with Crippen molar-refractivity contribution in [1.82, 2.24) is 5.32 Å². The molecule has 5 nitrogen and oxygen atoms in total. The van der Waals surface area contributed by atoms with E-state index in [9.17, 15) is 4.79 Å². The van der Waals surface area contributed by atoms with Crippen molar-refractivity contribution < 1.29 is 14.3 Å².